The third kappa shape index (κ3) is 3.64. The van der Waals surface area contributed by atoms with Crippen LogP contribution in [0.4, 0.5) is 10.1 Å². The number of rotatable bonds is 5. The van der Waals surface area contributed by atoms with Gasteiger partial charge in [0.25, 0.3) is 0 Å². The van der Waals surface area contributed by atoms with Crippen LogP contribution < -0.4 is 10.5 Å². The first-order valence-corrected chi connectivity index (χ1v) is 6.54. The van der Waals surface area contributed by atoms with Crippen molar-refractivity contribution in [2.45, 2.75) is 17.4 Å². The number of benzene rings is 1. The van der Waals surface area contributed by atoms with Crippen molar-refractivity contribution in [3.63, 3.8) is 0 Å². The molecule has 1 atom stereocenters. The Kier molecular flexibility index (Phi) is 4.28. The van der Waals surface area contributed by atoms with Crippen molar-refractivity contribution in [1.82, 2.24) is 4.72 Å². The third-order valence-electron chi connectivity index (χ3n) is 2.25. The summed E-state index contributed by atoms with van der Waals surface area (Å²) in [7, 11) is -4.04. The minimum Gasteiger partial charge on any atom is -0.398 e. The van der Waals surface area contributed by atoms with Gasteiger partial charge < -0.3 is 15.9 Å². The summed E-state index contributed by atoms with van der Waals surface area (Å²) >= 11 is 0. The van der Waals surface area contributed by atoms with E-state index in [0.29, 0.717) is 0 Å². The molecule has 0 saturated carbocycles. The van der Waals surface area contributed by atoms with Gasteiger partial charge in [0.1, 0.15) is 10.7 Å². The number of halogens is 1. The van der Waals surface area contributed by atoms with E-state index in [1.807, 2.05) is 0 Å². The summed E-state index contributed by atoms with van der Waals surface area (Å²) in [4.78, 5) is -0.406. The molecule has 0 aliphatic heterocycles. The summed E-state index contributed by atoms with van der Waals surface area (Å²) in [6.45, 7) is 0.223. The minimum atomic E-state index is -4.04. The summed E-state index contributed by atoms with van der Waals surface area (Å²) in [6.07, 6.45) is 0. The second-order valence-corrected chi connectivity index (χ2v) is 5.90. The van der Waals surface area contributed by atoms with Crippen LogP contribution >= 0.6 is 0 Å². The lowest BCUT2D eigenvalue weighted by atomic mass is 10.1. The van der Waals surface area contributed by atoms with E-state index in [1.165, 1.54) is 6.92 Å². The molecule has 0 saturated heterocycles. The van der Waals surface area contributed by atoms with Crippen LogP contribution in [0, 0.1) is 5.82 Å². The van der Waals surface area contributed by atoms with E-state index in [1.54, 1.807) is 0 Å². The molecule has 1 aromatic rings. The fourth-order valence-corrected chi connectivity index (χ4v) is 2.43. The minimum absolute atomic E-state index is 0.104. The number of aliphatic hydroxyl groups excluding tert-OH is 1. The average molecular weight is 278 g/mol. The summed E-state index contributed by atoms with van der Waals surface area (Å²) in [5.74, 6) is -0.738. The summed E-state index contributed by atoms with van der Waals surface area (Å²) in [6, 6.07) is 2.96. The number of aliphatic hydroxyl groups is 2. The van der Waals surface area contributed by atoms with Gasteiger partial charge in [0.2, 0.25) is 10.0 Å². The predicted octanol–water partition coefficient (Wildman–Crippen LogP) is -0.571. The van der Waals surface area contributed by atoms with Gasteiger partial charge in [-0.2, -0.15) is 0 Å². The molecule has 6 nitrogen and oxygen atoms in total. The average Bonchev–Trinajstić information content (AvgIpc) is 2.30. The third-order valence-corrected chi connectivity index (χ3v) is 3.71. The highest BCUT2D eigenvalue weighted by Gasteiger charge is 2.24. The molecule has 1 rings (SSSR count). The zero-order valence-corrected chi connectivity index (χ0v) is 10.5. The van der Waals surface area contributed by atoms with Crippen LogP contribution in [0.2, 0.25) is 0 Å². The van der Waals surface area contributed by atoms with E-state index in [0.717, 1.165) is 18.2 Å². The highest BCUT2D eigenvalue weighted by molar-refractivity contribution is 7.89. The lowest BCUT2D eigenvalue weighted by Gasteiger charge is -2.20. The number of hydrogen-bond donors (Lipinski definition) is 4. The van der Waals surface area contributed by atoms with Crippen molar-refractivity contribution in [3.05, 3.63) is 24.0 Å². The second kappa shape index (κ2) is 5.19. The molecule has 0 aliphatic rings. The van der Waals surface area contributed by atoms with Crippen molar-refractivity contribution in [2.75, 3.05) is 18.9 Å². The second-order valence-electron chi connectivity index (χ2n) is 4.16. The van der Waals surface area contributed by atoms with Crippen molar-refractivity contribution in [3.8, 4) is 0 Å². The van der Waals surface area contributed by atoms with Crippen LogP contribution in [0.15, 0.2) is 23.1 Å². The van der Waals surface area contributed by atoms with Gasteiger partial charge in [0.15, 0.2) is 0 Å². The number of anilines is 1. The maximum absolute atomic E-state index is 13.0. The molecule has 0 aromatic heterocycles. The highest BCUT2D eigenvalue weighted by atomic mass is 32.2. The van der Waals surface area contributed by atoms with Gasteiger partial charge in [-0.05, 0) is 25.1 Å². The lowest BCUT2D eigenvalue weighted by molar-refractivity contribution is 0.00681. The van der Waals surface area contributed by atoms with Gasteiger partial charge in [-0.15, -0.1) is 0 Å². The van der Waals surface area contributed by atoms with Crippen molar-refractivity contribution < 1.29 is 23.0 Å². The molecule has 18 heavy (non-hydrogen) atoms. The highest BCUT2D eigenvalue weighted by Crippen LogP contribution is 2.19. The molecule has 5 N–H and O–H groups in total. The number of nitrogen functional groups attached to an aromatic ring is 1. The van der Waals surface area contributed by atoms with Gasteiger partial charge in [-0.1, -0.05) is 0 Å². The molecule has 0 amide bonds. The summed E-state index contributed by atoms with van der Waals surface area (Å²) in [5.41, 5.74) is 3.74. The zero-order chi connectivity index (χ0) is 14.0. The Balaban J connectivity index is 2.97. The Morgan fingerprint density at radius 3 is 2.67 bits per heavy atom. The van der Waals surface area contributed by atoms with Crippen LogP contribution in [-0.2, 0) is 10.0 Å². The van der Waals surface area contributed by atoms with Gasteiger partial charge in [-0.25, -0.2) is 17.5 Å². The fourth-order valence-electron chi connectivity index (χ4n) is 1.13. The van der Waals surface area contributed by atoms with Crippen LogP contribution in [0.3, 0.4) is 0 Å². The van der Waals surface area contributed by atoms with E-state index in [4.69, 9.17) is 10.8 Å². The molecule has 0 heterocycles. The van der Waals surface area contributed by atoms with E-state index < -0.39 is 39.5 Å². The SMILES string of the molecule is CC(O)(CO)CNS(=O)(=O)c1cc(F)ccc1N. The summed E-state index contributed by atoms with van der Waals surface area (Å²) in [5, 5.41) is 18.3. The van der Waals surface area contributed by atoms with Crippen LogP contribution in [0.25, 0.3) is 0 Å². The first kappa shape index (κ1) is 14.8. The fraction of sp³-hybridized carbons (Fsp3) is 0.400. The number of sulfonamides is 1. The van der Waals surface area contributed by atoms with Crippen molar-refractivity contribution >= 4 is 15.7 Å². The number of hydrogen-bond acceptors (Lipinski definition) is 5. The molecule has 1 unspecified atom stereocenters. The quantitative estimate of drug-likeness (QED) is 0.539. The Morgan fingerprint density at radius 2 is 2.11 bits per heavy atom. The standard InChI is InChI=1S/C10H15FN2O4S/c1-10(15,6-14)5-13-18(16,17)9-4-7(11)2-3-8(9)12/h2-4,13-15H,5-6,12H2,1H3. The maximum Gasteiger partial charge on any atom is 0.242 e. The molecular formula is C10H15FN2O4S. The van der Waals surface area contributed by atoms with Crippen molar-refractivity contribution in [2.24, 2.45) is 0 Å². The Bertz CT molecular complexity index is 531. The van der Waals surface area contributed by atoms with Crippen LogP contribution in [0.1, 0.15) is 6.92 Å². The van der Waals surface area contributed by atoms with E-state index >= 15 is 0 Å². The largest absolute Gasteiger partial charge is 0.398 e. The molecule has 8 heteroatoms. The maximum atomic E-state index is 13.0. The van der Waals surface area contributed by atoms with Gasteiger partial charge in [0, 0.05) is 6.54 Å². The predicted molar refractivity (Wildman–Crippen MR) is 63.7 cm³/mol. The van der Waals surface area contributed by atoms with Crippen molar-refractivity contribution in [1.29, 1.82) is 0 Å². The van der Waals surface area contributed by atoms with Gasteiger partial charge in [0.05, 0.1) is 17.9 Å². The topological polar surface area (TPSA) is 113 Å². The van der Waals surface area contributed by atoms with Crippen LogP contribution in [-0.4, -0.2) is 37.4 Å². The first-order chi connectivity index (χ1) is 8.18. The molecule has 1 aromatic carbocycles. The lowest BCUT2D eigenvalue weighted by Crippen LogP contribution is -2.43. The smallest absolute Gasteiger partial charge is 0.242 e. The van der Waals surface area contributed by atoms with E-state index in [2.05, 4.69) is 4.72 Å². The molecular weight excluding hydrogens is 263 g/mol. The zero-order valence-electron chi connectivity index (χ0n) is 9.72. The Labute approximate surface area is 104 Å². The number of nitrogens with one attached hydrogen (secondary N) is 1. The Morgan fingerprint density at radius 1 is 1.50 bits per heavy atom. The first-order valence-electron chi connectivity index (χ1n) is 5.06. The Hall–Kier alpha value is -1.22. The van der Waals surface area contributed by atoms with Gasteiger partial charge >= 0.3 is 0 Å². The normalized spacial score (nSPS) is 15.3. The van der Waals surface area contributed by atoms with Crippen LogP contribution in [0.5, 0.6) is 0 Å². The van der Waals surface area contributed by atoms with E-state index in [-0.39, 0.29) is 5.69 Å². The summed E-state index contributed by atoms with van der Waals surface area (Å²) < 4.78 is 38.7. The van der Waals surface area contributed by atoms with E-state index in [9.17, 15) is 17.9 Å². The monoisotopic (exact) mass is 278 g/mol. The van der Waals surface area contributed by atoms with Gasteiger partial charge in [-0.3, -0.25) is 0 Å². The molecule has 0 radical (unpaired) electrons. The molecule has 0 fully saturated rings. The number of nitrogens with two attached hydrogens (primary N) is 1. The molecule has 102 valence electrons. The molecule has 0 bridgehead atoms. The molecule has 0 spiro atoms. The molecule has 0 aliphatic carbocycles.